The van der Waals surface area contributed by atoms with Crippen LogP contribution in [0.4, 0.5) is 0 Å². The zero-order chi connectivity index (χ0) is 13.7. The summed E-state index contributed by atoms with van der Waals surface area (Å²) in [6, 6.07) is 0.622. The van der Waals surface area contributed by atoms with E-state index in [2.05, 4.69) is 21.9 Å². The predicted octanol–water partition coefficient (Wildman–Crippen LogP) is 2.69. The summed E-state index contributed by atoms with van der Waals surface area (Å²) in [7, 11) is 0. The van der Waals surface area contributed by atoms with Crippen LogP contribution in [0.5, 0.6) is 0 Å². The lowest BCUT2D eigenvalue weighted by molar-refractivity contribution is -0.0352. The molecule has 0 spiro atoms. The van der Waals surface area contributed by atoms with Crippen LogP contribution in [0.3, 0.4) is 0 Å². The molecule has 0 atom stereocenters. The highest BCUT2D eigenvalue weighted by Gasteiger charge is 2.49. The third-order valence-corrected chi connectivity index (χ3v) is 6.01. The largest absolute Gasteiger partial charge is 0.325 e. The van der Waals surface area contributed by atoms with Crippen molar-refractivity contribution in [1.29, 1.82) is 0 Å². The van der Waals surface area contributed by atoms with Crippen molar-refractivity contribution in [2.24, 2.45) is 29.4 Å². The minimum absolute atomic E-state index is 0.530. The molecule has 4 aliphatic rings. The lowest BCUT2D eigenvalue weighted by Gasteiger charge is -2.54. The van der Waals surface area contributed by atoms with Gasteiger partial charge in [-0.25, -0.2) is 4.68 Å². The Morgan fingerprint density at radius 1 is 1.10 bits per heavy atom. The van der Waals surface area contributed by atoms with Crippen molar-refractivity contribution in [2.75, 3.05) is 0 Å². The van der Waals surface area contributed by atoms with Crippen LogP contribution in [-0.4, -0.2) is 15.0 Å². The van der Waals surface area contributed by atoms with E-state index in [0.29, 0.717) is 12.6 Å². The molecule has 110 valence electrons. The maximum Gasteiger partial charge on any atom is 0.0994 e. The van der Waals surface area contributed by atoms with Gasteiger partial charge in [0.2, 0.25) is 0 Å². The Balaban J connectivity index is 1.69. The summed E-state index contributed by atoms with van der Waals surface area (Å²) in [6.45, 7) is 2.76. The number of hydrogen-bond donors (Lipinski definition) is 1. The molecule has 4 heteroatoms. The van der Waals surface area contributed by atoms with E-state index in [9.17, 15) is 0 Å². The lowest BCUT2D eigenvalue weighted by atomic mass is 9.54. The van der Waals surface area contributed by atoms with Crippen LogP contribution in [0, 0.1) is 23.7 Å². The van der Waals surface area contributed by atoms with Gasteiger partial charge < -0.3 is 5.73 Å². The third kappa shape index (κ3) is 1.84. The molecular weight excluding hydrogens is 248 g/mol. The van der Waals surface area contributed by atoms with Gasteiger partial charge in [-0.1, -0.05) is 18.6 Å². The summed E-state index contributed by atoms with van der Waals surface area (Å²) in [5, 5.41) is 8.91. The topological polar surface area (TPSA) is 56.7 Å². The van der Waals surface area contributed by atoms with Crippen molar-refractivity contribution in [2.45, 2.75) is 64.5 Å². The van der Waals surface area contributed by atoms with Gasteiger partial charge >= 0.3 is 0 Å². The Bertz CT molecular complexity index is 465. The SMILES string of the molecule is CCCc1c(CN)nnn1C1C2CC3CC(C2)CC1C3. The standard InChI is InChI=1S/C16H26N4/c1-2-3-15-14(9-17)18-19-20(15)16-12-5-10-4-11(7-12)8-13(16)6-10/h10-13,16H,2-9,17H2,1H3. The summed E-state index contributed by atoms with van der Waals surface area (Å²) in [4.78, 5) is 0. The number of nitrogens with zero attached hydrogens (tertiary/aromatic N) is 3. The molecule has 0 saturated heterocycles. The summed E-state index contributed by atoms with van der Waals surface area (Å²) in [6.07, 6.45) is 9.45. The molecule has 20 heavy (non-hydrogen) atoms. The van der Waals surface area contributed by atoms with Crippen LogP contribution < -0.4 is 5.73 Å². The second-order valence-corrected chi connectivity index (χ2v) is 7.30. The first-order valence-electron chi connectivity index (χ1n) is 8.43. The maximum atomic E-state index is 5.85. The quantitative estimate of drug-likeness (QED) is 0.918. The van der Waals surface area contributed by atoms with Crippen LogP contribution in [-0.2, 0) is 13.0 Å². The van der Waals surface area contributed by atoms with Crippen LogP contribution in [0.1, 0.15) is 62.9 Å². The van der Waals surface area contributed by atoms with Crippen molar-refractivity contribution in [3.05, 3.63) is 11.4 Å². The molecule has 1 heterocycles. The van der Waals surface area contributed by atoms with Gasteiger partial charge in [-0.15, -0.1) is 5.10 Å². The Morgan fingerprint density at radius 2 is 1.75 bits per heavy atom. The molecule has 0 amide bonds. The first kappa shape index (κ1) is 12.8. The van der Waals surface area contributed by atoms with Gasteiger partial charge in [-0.2, -0.15) is 0 Å². The summed E-state index contributed by atoms with van der Waals surface area (Å²) >= 11 is 0. The number of nitrogens with two attached hydrogens (primary N) is 1. The highest BCUT2D eigenvalue weighted by molar-refractivity contribution is 5.13. The fraction of sp³-hybridized carbons (Fsp3) is 0.875. The third-order valence-electron chi connectivity index (χ3n) is 6.01. The van der Waals surface area contributed by atoms with E-state index >= 15 is 0 Å². The van der Waals surface area contributed by atoms with E-state index in [1.807, 2.05) is 0 Å². The van der Waals surface area contributed by atoms with Crippen LogP contribution in [0.2, 0.25) is 0 Å². The first-order chi connectivity index (χ1) is 9.80. The molecule has 1 aromatic rings. The van der Waals surface area contributed by atoms with E-state index in [-0.39, 0.29) is 0 Å². The molecule has 0 aromatic carbocycles. The number of aromatic nitrogens is 3. The molecule has 2 N–H and O–H groups in total. The van der Waals surface area contributed by atoms with Gasteiger partial charge in [0.05, 0.1) is 17.4 Å². The molecule has 4 nitrogen and oxygen atoms in total. The minimum Gasteiger partial charge on any atom is -0.325 e. The van der Waals surface area contributed by atoms with Crippen molar-refractivity contribution in [1.82, 2.24) is 15.0 Å². The summed E-state index contributed by atoms with van der Waals surface area (Å²) in [5.41, 5.74) is 8.21. The average Bonchev–Trinajstić information content (AvgIpc) is 2.81. The Hall–Kier alpha value is -0.900. The Morgan fingerprint density at radius 3 is 2.30 bits per heavy atom. The van der Waals surface area contributed by atoms with Gasteiger partial charge in [-0.05, 0) is 62.2 Å². The zero-order valence-corrected chi connectivity index (χ0v) is 12.5. The fourth-order valence-corrected chi connectivity index (χ4v) is 5.54. The Kier molecular flexibility index (Phi) is 3.09. The van der Waals surface area contributed by atoms with Crippen LogP contribution >= 0.6 is 0 Å². The first-order valence-corrected chi connectivity index (χ1v) is 8.43. The zero-order valence-electron chi connectivity index (χ0n) is 12.5. The molecule has 4 saturated carbocycles. The monoisotopic (exact) mass is 274 g/mol. The van der Waals surface area contributed by atoms with Gasteiger partial charge in [0.1, 0.15) is 0 Å². The highest BCUT2D eigenvalue weighted by Crippen LogP contribution is 2.58. The van der Waals surface area contributed by atoms with Crippen molar-refractivity contribution < 1.29 is 0 Å². The minimum atomic E-state index is 0.530. The summed E-state index contributed by atoms with van der Waals surface area (Å²) in [5.74, 6) is 3.74. The normalized spacial score (nSPS) is 38.6. The molecular formula is C16H26N4. The van der Waals surface area contributed by atoms with Gasteiger partial charge in [-0.3, -0.25) is 0 Å². The van der Waals surface area contributed by atoms with Crippen LogP contribution in [0.15, 0.2) is 0 Å². The van der Waals surface area contributed by atoms with Gasteiger partial charge in [0.15, 0.2) is 0 Å². The molecule has 0 unspecified atom stereocenters. The summed E-state index contributed by atoms with van der Waals surface area (Å²) < 4.78 is 2.30. The molecule has 4 bridgehead atoms. The lowest BCUT2D eigenvalue weighted by Crippen LogP contribution is -2.46. The van der Waals surface area contributed by atoms with Crippen molar-refractivity contribution in [3.8, 4) is 0 Å². The van der Waals surface area contributed by atoms with Crippen molar-refractivity contribution in [3.63, 3.8) is 0 Å². The van der Waals surface area contributed by atoms with E-state index < -0.39 is 0 Å². The number of hydrogen-bond acceptors (Lipinski definition) is 3. The average molecular weight is 274 g/mol. The van der Waals surface area contributed by atoms with E-state index in [1.165, 1.54) is 37.8 Å². The smallest absolute Gasteiger partial charge is 0.0994 e. The van der Waals surface area contributed by atoms with E-state index in [4.69, 9.17) is 5.73 Å². The molecule has 4 aliphatic carbocycles. The molecule has 1 aromatic heterocycles. The van der Waals surface area contributed by atoms with Gasteiger partial charge in [0, 0.05) is 6.54 Å². The second kappa shape index (κ2) is 4.83. The molecule has 4 fully saturated rings. The predicted molar refractivity (Wildman–Crippen MR) is 78.0 cm³/mol. The van der Waals surface area contributed by atoms with Crippen molar-refractivity contribution >= 4 is 0 Å². The second-order valence-electron chi connectivity index (χ2n) is 7.30. The maximum absolute atomic E-state index is 5.85. The van der Waals surface area contributed by atoms with Gasteiger partial charge in [0.25, 0.3) is 0 Å². The van der Waals surface area contributed by atoms with E-state index in [1.54, 1.807) is 0 Å². The molecule has 0 aliphatic heterocycles. The number of rotatable bonds is 4. The Labute approximate surface area is 121 Å². The highest BCUT2D eigenvalue weighted by atomic mass is 15.4. The molecule has 0 radical (unpaired) electrons. The molecule has 5 rings (SSSR count). The van der Waals surface area contributed by atoms with Crippen LogP contribution in [0.25, 0.3) is 0 Å². The van der Waals surface area contributed by atoms with E-state index in [0.717, 1.165) is 42.2 Å². The fourth-order valence-electron chi connectivity index (χ4n) is 5.54.